The first-order valence-electron chi connectivity index (χ1n) is 6.94. The maximum atomic E-state index is 11.0. The number of hydrogen-bond donors (Lipinski definition) is 3. The van der Waals surface area contributed by atoms with Gasteiger partial charge in [-0.05, 0) is 6.07 Å². The van der Waals surface area contributed by atoms with Crippen LogP contribution in [0.3, 0.4) is 0 Å². The zero-order valence-corrected chi connectivity index (χ0v) is 14.1. The van der Waals surface area contributed by atoms with Crippen LogP contribution < -0.4 is 24.7 Å². The molecule has 0 radical (unpaired) electrons. The molecule has 0 saturated carbocycles. The standard InChI is InChI=1S/C14H15N5O5S/c1-22-10-5-8-9(6-11(10)23-2)16-7-17-14(8)18-12-3-4-13(24-12)19-25(15,20)21/h3-7,19H,1-2H3,(H2,15,20,21)(H,16,17,18). The van der Waals surface area contributed by atoms with E-state index in [1.165, 1.54) is 32.7 Å². The van der Waals surface area contributed by atoms with Gasteiger partial charge in [0.2, 0.25) is 11.8 Å². The van der Waals surface area contributed by atoms with E-state index < -0.39 is 10.2 Å². The third-order valence-corrected chi connectivity index (χ3v) is 3.72. The quantitative estimate of drug-likeness (QED) is 0.598. The van der Waals surface area contributed by atoms with E-state index in [-0.39, 0.29) is 11.8 Å². The Morgan fingerprint density at radius 3 is 2.44 bits per heavy atom. The van der Waals surface area contributed by atoms with Crippen LogP contribution in [0.25, 0.3) is 10.9 Å². The molecule has 0 fully saturated rings. The molecule has 3 aromatic rings. The molecule has 0 aliphatic carbocycles. The number of aromatic nitrogens is 2. The number of rotatable bonds is 6. The van der Waals surface area contributed by atoms with E-state index in [1.54, 1.807) is 12.1 Å². The van der Waals surface area contributed by atoms with Crippen LogP contribution >= 0.6 is 0 Å². The van der Waals surface area contributed by atoms with E-state index in [9.17, 15) is 8.42 Å². The molecular weight excluding hydrogens is 350 g/mol. The maximum absolute atomic E-state index is 11.0. The number of anilines is 3. The Morgan fingerprint density at radius 2 is 1.76 bits per heavy atom. The third kappa shape index (κ3) is 3.72. The lowest BCUT2D eigenvalue weighted by atomic mass is 10.2. The topological polar surface area (TPSA) is 142 Å². The van der Waals surface area contributed by atoms with Crippen LogP contribution in [-0.2, 0) is 10.2 Å². The van der Waals surface area contributed by atoms with Crippen LogP contribution in [0.1, 0.15) is 0 Å². The SMILES string of the molecule is COc1cc2ncnc(Nc3ccc(NS(N)(=O)=O)o3)c2cc1OC. The average molecular weight is 365 g/mol. The van der Waals surface area contributed by atoms with Gasteiger partial charge in [-0.2, -0.15) is 8.42 Å². The van der Waals surface area contributed by atoms with E-state index in [1.807, 2.05) is 4.72 Å². The molecule has 0 atom stereocenters. The van der Waals surface area contributed by atoms with Crippen molar-refractivity contribution in [2.45, 2.75) is 0 Å². The van der Waals surface area contributed by atoms with Gasteiger partial charge in [-0.15, -0.1) is 0 Å². The first-order chi connectivity index (χ1) is 11.9. The summed E-state index contributed by atoms with van der Waals surface area (Å²) in [5, 5.41) is 8.51. The van der Waals surface area contributed by atoms with Gasteiger partial charge in [0.25, 0.3) is 10.2 Å². The van der Waals surface area contributed by atoms with Gasteiger partial charge in [0.15, 0.2) is 11.5 Å². The number of benzene rings is 1. The number of furan rings is 1. The number of nitrogens with zero attached hydrogens (tertiary/aromatic N) is 2. The summed E-state index contributed by atoms with van der Waals surface area (Å²) in [6, 6.07) is 6.39. The first kappa shape index (κ1) is 16.8. The molecule has 0 aliphatic heterocycles. The van der Waals surface area contributed by atoms with Gasteiger partial charge in [0, 0.05) is 23.6 Å². The minimum absolute atomic E-state index is 0.0254. The van der Waals surface area contributed by atoms with Gasteiger partial charge < -0.3 is 19.2 Å². The van der Waals surface area contributed by atoms with Crippen LogP contribution in [0.2, 0.25) is 0 Å². The predicted octanol–water partition coefficient (Wildman–Crippen LogP) is 1.60. The van der Waals surface area contributed by atoms with Crippen LogP contribution in [0.15, 0.2) is 35.0 Å². The molecule has 3 rings (SSSR count). The summed E-state index contributed by atoms with van der Waals surface area (Å²) >= 11 is 0. The number of hydrogen-bond acceptors (Lipinski definition) is 8. The molecule has 1 aromatic carbocycles. The Hall–Kier alpha value is -3.05. The van der Waals surface area contributed by atoms with Crippen LogP contribution in [0, 0.1) is 0 Å². The largest absolute Gasteiger partial charge is 0.493 e. The lowest BCUT2D eigenvalue weighted by molar-refractivity contribution is 0.356. The van der Waals surface area contributed by atoms with Gasteiger partial charge in [-0.3, -0.25) is 0 Å². The first-order valence-corrected chi connectivity index (χ1v) is 8.48. The van der Waals surface area contributed by atoms with Crippen molar-refractivity contribution in [2.75, 3.05) is 24.3 Å². The Balaban J connectivity index is 1.96. The summed E-state index contributed by atoms with van der Waals surface area (Å²) in [6.45, 7) is 0. The molecule has 0 bridgehead atoms. The Labute approximate surface area is 143 Å². The summed E-state index contributed by atoms with van der Waals surface area (Å²) in [7, 11) is -0.855. The van der Waals surface area contributed by atoms with Crippen molar-refractivity contribution >= 4 is 38.7 Å². The van der Waals surface area contributed by atoms with Crippen molar-refractivity contribution in [3.8, 4) is 11.5 Å². The monoisotopic (exact) mass is 365 g/mol. The highest BCUT2D eigenvalue weighted by Gasteiger charge is 2.13. The zero-order valence-electron chi connectivity index (χ0n) is 13.3. The van der Waals surface area contributed by atoms with Crippen molar-refractivity contribution in [2.24, 2.45) is 5.14 Å². The van der Waals surface area contributed by atoms with E-state index in [0.717, 1.165) is 0 Å². The molecular formula is C14H15N5O5S. The zero-order chi connectivity index (χ0) is 18.0. The number of nitrogens with two attached hydrogens (primary N) is 1. The molecule has 2 heterocycles. The number of fused-ring (bicyclic) bond motifs is 1. The van der Waals surface area contributed by atoms with Crippen molar-refractivity contribution in [1.82, 2.24) is 9.97 Å². The lowest BCUT2D eigenvalue weighted by Gasteiger charge is -2.11. The van der Waals surface area contributed by atoms with Gasteiger partial charge in [-0.1, -0.05) is 0 Å². The van der Waals surface area contributed by atoms with Gasteiger partial charge in [-0.25, -0.2) is 19.8 Å². The molecule has 10 nitrogen and oxygen atoms in total. The van der Waals surface area contributed by atoms with Crippen molar-refractivity contribution in [3.05, 3.63) is 30.6 Å². The summed E-state index contributed by atoms with van der Waals surface area (Å²) in [5.74, 6) is 1.74. The average Bonchev–Trinajstić information content (AvgIpc) is 2.98. The van der Waals surface area contributed by atoms with E-state index >= 15 is 0 Å². The van der Waals surface area contributed by atoms with Gasteiger partial charge in [0.05, 0.1) is 19.7 Å². The summed E-state index contributed by atoms with van der Waals surface area (Å²) in [5.41, 5.74) is 0.629. The molecule has 132 valence electrons. The molecule has 2 aromatic heterocycles. The minimum Gasteiger partial charge on any atom is -0.493 e. The highest BCUT2D eigenvalue weighted by Crippen LogP contribution is 2.34. The summed E-state index contributed by atoms with van der Waals surface area (Å²) < 4.78 is 39.9. The number of ether oxygens (including phenoxy) is 2. The fourth-order valence-corrected chi connectivity index (χ4v) is 2.59. The fourth-order valence-electron chi connectivity index (χ4n) is 2.20. The molecule has 11 heteroatoms. The second-order valence-electron chi connectivity index (χ2n) is 4.88. The summed E-state index contributed by atoms with van der Waals surface area (Å²) in [6.07, 6.45) is 1.38. The van der Waals surface area contributed by atoms with E-state index in [2.05, 4.69) is 15.3 Å². The van der Waals surface area contributed by atoms with Crippen LogP contribution in [0.5, 0.6) is 11.5 Å². The molecule has 0 saturated heterocycles. The highest BCUT2D eigenvalue weighted by atomic mass is 32.2. The van der Waals surface area contributed by atoms with E-state index in [4.69, 9.17) is 19.0 Å². The van der Waals surface area contributed by atoms with Gasteiger partial charge >= 0.3 is 0 Å². The fraction of sp³-hybridized carbons (Fsp3) is 0.143. The minimum atomic E-state index is -3.92. The molecule has 0 aliphatic rings. The lowest BCUT2D eigenvalue weighted by Crippen LogP contribution is -2.21. The molecule has 0 unspecified atom stereocenters. The van der Waals surface area contributed by atoms with Crippen molar-refractivity contribution < 1.29 is 22.3 Å². The Morgan fingerprint density at radius 1 is 1.08 bits per heavy atom. The molecule has 0 amide bonds. The molecule has 0 spiro atoms. The molecule has 25 heavy (non-hydrogen) atoms. The van der Waals surface area contributed by atoms with Crippen molar-refractivity contribution in [3.63, 3.8) is 0 Å². The van der Waals surface area contributed by atoms with Crippen LogP contribution in [0.4, 0.5) is 17.6 Å². The predicted molar refractivity (Wildman–Crippen MR) is 91.4 cm³/mol. The number of nitrogens with one attached hydrogen (secondary N) is 2. The maximum Gasteiger partial charge on any atom is 0.298 e. The highest BCUT2D eigenvalue weighted by molar-refractivity contribution is 7.90. The smallest absolute Gasteiger partial charge is 0.298 e. The van der Waals surface area contributed by atoms with E-state index in [0.29, 0.717) is 28.2 Å². The normalized spacial score (nSPS) is 11.3. The Bertz CT molecular complexity index is 1020. The van der Waals surface area contributed by atoms with Crippen LogP contribution in [-0.4, -0.2) is 32.6 Å². The third-order valence-electron chi connectivity index (χ3n) is 3.23. The molecule has 4 N–H and O–H groups in total. The Kier molecular flexibility index (Phi) is 4.33. The van der Waals surface area contributed by atoms with Gasteiger partial charge in [0.1, 0.15) is 12.1 Å². The van der Waals surface area contributed by atoms with Crippen molar-refractivity contribution in [1.29, 1.82) is 0 Å². The number of methoxy groups -OCH3 is 2. The second kappa shape index (κ2) is 6.45. The summed E-state index contributed by atoms with van der Waals surface area (Å²) in [4.78, 5) is 8.37. The second-order valence-corrected chi connectivity index (χ2v) is 6.18.